The molecule has 0 aromatic rings. The van der Waals surface area contributed by atoms with Gasteiger partial charge < -0.3 is 19.3 Å². The predicted octanol–water partition coefficient (Wildman–Crippen LogP) is 12.7. The quantitative estimate of drug-likeness (QED) is 0.0364. The number of carbonyl (C=O) groups is 2. The highest BCUT2D eigenvalue weighted by Crippen LogP contribution is 2.36. The highest BCUT2D eigenvalue weighted by Gasteiger charge is 2.23. The van der Waals surface area contributed by atoms with Crippen LogP contribution in [0.15, 0.2) is 0 Å². The van der Waals surface area contributed by atoms with Crippen LogP contribution >= 0.6 is 7.82 Å². The molecular weight excluding hydrogens is 651 g/mol. The summed E-state index contributed by atoms with van der Waals surface area (Å²) < 4.78 is 26.4. The summed E-state index contributed by atoms with van der Waals surface area (Å²) in [5, 5.41) is 0. The molecule has 0 aliphatic heterocycles. The molecule has 8 nitrogen and oxygen atoms in total. The van der Waals surface area contributed by atoms with Crippen molar-refractivity contribution < 1.29 is 37.9 Å². The van der Waals surface area contributed by atoms with Gasteiger partial charge >= 0.3 is 19.8 Å². The minimum atomic E-state index is -4.74. The molecule has 0 aromatic heterocycles. The Bertz CT molecular complexity index is 799. The maximum atomic E-state index is 12.4. The van der Waals surface area contributed by atoms with Gasteiger partial charge in [-0.25, -0.2) is 4.57 Å². The average Bonchev–Trinajstić information content (AvgIpc) is 3.07. The second-order valence-electron chi connectivity index (χ2n) is 15.2. The molecule has 2 N–H and O–H groups in total. The molecule has 0 fully saturated rings. The summed E-state index contributed by atoms with van der Waals surface area (Å²) in [4.78, 5) is 42.8. The Balaban J connectivity index is 3.83. The first-order valence-electron chi connectivity index (χ1n) is 21.2. The van der Waals surface area contributed by atoms with Crippen molar-refractivity contribution in [2.24, 2.45) is 5.92 Å². The van der Waals surface area contributed by atoms with Gasteiger partial charge in [-0.05, 0) is 18.8 Å². The standard InChI is InChI=1S/C41H81O8P/c1-4-5-6-7-8-9-10-11-12-13-14-15-16-17-18-22-25-28-31-34-40(42)47-36-39(37-48-50(44,45)46)49-41(43)35-32-29-26-23-20-19-21-24-27-30-33-38(2)3/h38-39H,4-37H2,1-3H3,(H2,44,45,46)/t39-/m1/s1. The van der Waals surface area contributed by atoms with E-state index in [0.29, 0.717) is 6.42 Å². The molecule has 298 valence electrons. The van der Waals surface area contributed by atoms with E-state index in [2.05, 4.69) is 25.3 Å². The molecule has 1 atom stereocenters. The average molecular weight is 733 g/mol. The summed E-state index contributed by atoms with van der Waals surface area (Å²) in [5.41, 5.74) is 0. The third-order valence-corrected chi connectivity index (χ3v) is 10.0. The van der Waals surface area contributed by atoms with Crippen molar-refractivity contribution in [1.29, 1.82) is 0 Å². The predicted molar refractivity (Wildman–Crippen MR) is 207 cm³/mol. The fourth-order valence-electron chi connectivity index (χ4n) is 6.38. The third kappa shape index (κ3) is 39.8. The fraction of sp³-hybridized carbons (Fsp3) is 0.951. The minimum Gasteiger partial charge on any atom is -0.462 e. The second-order valence-corrected chi connectivity index (χ2v) is 16.4. The summed E-state index contributed by atoms with van der Waals surface area (Å²) in [6.07, 6.45) is 36.9. The number of esters is 2. The number of unbranched alkanes of at least 4 members (excludes halogenated alkanes) is 27. The number of hydrogen-bond acceptors (Lipinski definition) is 6. The van der Waals surface area contributed by atoms with Crippen molar-refractivity contribution in [1.82, 2.24) is 0 Å². The normalized spacial score (nSPS) is 12.4. The van der Waals surface area contributed by atoms with Gasteiger partial charge in [0.2, 0.25) is 0 Å². The van der Waals surface area contributed by atoms with Gasteiger partial charge in [0.1, 0.15) is 6.61 Å². The Morgan fingerprint density at radius 2 is 0.840 bits per heavy atom. The van der Waals surface area contributed by atoms with Gasteiger partial charge in [-0.1, -0.05) is 201 Å². The Morgan fingerprint density at radius 3 is 1.20 bits per heavy atom. The topological polar surface area (TPSA) is 119 Å². The van der Waals surface area contributed by atoms with Crippen LogP contribution in [0.4, 0.5) is 0 Å². The lowest BCUT2D eigenvalue weighted by Gasteiger charge is -2.18. The molecule has 0 amide bonds. The largest absolute Gasteiger partial charge is 0.469 e. The van der Waals surface area contributed by atoms with Crippen LogP contribution in [0.1, 0.15) is 226 Å². The van der Waals surface area contributed by atoms with Crippen molar-refractivity contribution in [3.05, 3.63) is 0 Å². The van der Waals surface area contributed by atoms with Crippen LogP contribution in [-0.4, -0.2) is 41.0 Å². The Hall–Kier alpha value is -0.950. The van der Waals surface area contributed by atoms with Crippen LogP contribution in [0.3, 0.4) is 0 Å². The van der Waals surface area contributed by atoms with Crippen molar-refractivity contribution in [2.75, 3.05) is 13.2 Å². The molecule has 0 heterocycles. The van der Waals surface area contributed by atoms with Crippen LogP contribution in [-0.2, 0) is 28.2 Å². The Kier molecular flexibility index (Phi) is 35.7. The highest BCUT2D eigenvalue weighted by molar-refractivity contribution is 7.46. The molecule has 0 radical (unpaired) electrons. The van der Waals surface area contributed by atoms with Crippen molar-refractivity contribution in [3.63, 3.8) is 0 Å². The van der Waals surface area contributed by atoms with Crippen LogP contribution < -0.4 is 0 Å². The van der Waals surface area contributed by atoms with Crippen LogP contribution in [0.2, 0.25) is 0 Å². The Labute approximate surface area is 308 Å². The molecule has 0 bridgehead atoms. The van der Waals surface area contributed by atoms with Crippen LogP contribution in [0, 0.1) is 5.92 Å². The van der Waals surface area contributed by atoms with Gasteiger partial charge in [-0.2, -0.15) is 0 Å². The second kappa shape index (κ2) is 36.4. The zero-order valence-corrected chi connectivity index (χ0v) is 33.9. The smallest absolute Gasteiger partial charge is 0.462 e. The van der Waals surface area contributed by atoms with Crippen LogP contribution in [0.25, 0.3) is 0 Å². The number of hydrogen-bond donors (Lipinski definition) is 2. The number of rotatable bonds is 39. The SMILES string of the molecule is CCCCCCCCCCCCCCCCCCCCCC(=O)OC[C@H](COP(=O)(O)O)OC(=O)CCCCCCCCCCCCC(C)C. The molecule has 0 rings (SSSR count). The molecule has 0 aliphatic carbocycles. The molecule has 0 aromatic carbocycles. The summed E-state index contributed by atoms with van der Waals surface area (Å²) in [6, 6.07) is 0. The fourth-order valence-corrected chi connectivity index (χ4v) is 6.74. The molecule has 0 aliphatic rings. The van der Waals surface area contributed by atoms with Crippen LogP contribution in [0.5, 0.6) is 0 Å². The maximum Gasteiger partial charge on any atom is 0.469 e. The van der Waals surface area contributed by atoms with Gasteiger partial charge in [-0.15, -0.1) is 0 Å². The third-order valence-electron chi connectivity index (χ3n) is 9.55. The lowest BCUT2D eigenvalue weighted by atomic mass is 10.0. The van der Waals surface area contributed by atoms with Gasteiger partial charge in [0.25, 0.3) is 0 Å². The molecule has 9 heteroatoms. The van der Waals surface area contributed by atoms with Crippen molar-refractivity contribution >= 4 is 19.8 Å². The maximum absolute atomic E-state index is 12.4. The monoisotopic (exact) mass is 733 g/mol. The lowest BCUT2D eigenvalue weighted by Crippen LogP contribution is -2.29. The van der Waals surface area contributed by atoms with E-state index in [1.54, 1.807) is 0 Å². The Morgan fingerprint density at radius 1 is 0.500 bits per heavy atom. The molecule has 0 saturated carbocycles. The molecular formula is C41H81O8P. The molecule has 0 saturated heterocycles. The van der Waals surface area contributed by atoms with Gasteiger partial charge in [0.05, 0.1) is 6.61 Å². The first-order valence-corrected chi connectivity index (χ1v) is 22.7. The van der Waals surface area contributed by atoms with E-state index in [9.17, 15) is 14.2 Å². The van der Waals surface area contributed by atoms with E-state index in [1.807, 2.05) is 0 Å². The van der Waals surface area contributed by atoms with E-state index in [0.717, 1.165) is 44.4 Å². The van der Waals surface area contributed by atoms with E-state index < -0.39 is 32.5 Å². The number of phosphoric ester groups is 1. The van der Waals surface area contributed by atoms with Crippen molar-refractivity contribution in [2.45, 2.75) is 232 Å². The van der Waals surface area contributed by atoms with Gasteiger partial charge in [0, 0.05) is 12.8 Å². The van der Waals surface area contributed by atoms with Gasteiger partial charge in [-0.3, -0.25) is 14.1 Å². The first kappa shape index (κ1) is 49.0. The lowest BCUT2D eigenvalue weighted by molar-refractivity contribution is -0.161. The van der Waals surface area contributed by atoms with E-state index in [4.69, 9.17) is 19.3 Å². The van der Waals surface area contributed by atoms with Crippen molar-refractivity contribution in [3.8, 4) is 0 Å². The molecule has 0 spiro atoms. The summed E-state index contributed by atoms with van der Waals surface area (Å²) in [7, 11) is -4.74. The highest BCUT2D eigenvalue weighted by atomic mass is 31.2. The molecule has 50 heavy (non-hydrogen) atoms. The number of ether oxygens (including phenoxy) is 2. The minimum absolute atomic E-state index is 0.218. The summed E-state index contributed by atoms with van der Waals surface area (Å²) >= 11 is 0. The van der Waals surface area contributed by atoms with E-state index in [1.165, 1.54) is 148 Å². The molecule has 0 unspecified atom stereocenters. The van der Waals surface area contributed by atoms with Gasteiger partial charge in [0.15, 0.2) is 6.10 Å². The number of carbonyl (C=O) groups excluding carboxylic acids is 2. The zero-order valence-electron chi connectivity index (χ0n) is 33.0. The summed E-state index contributed by atoms with van der Waals surface area (Å²) in [5.74, 6) is -0.0721. The van der Waals surface area contributed by atoms with E-state index in [-0.39, 0.29) is 19.4 Å². The number of phosphoric acid groups is 1. The first-order chi connectivity index (χ1) is 24.1. The summed E-state index contributed by atoms with van der Waals surface area (Å²) in [6.45, 7) is 6.02. The zero-order chi connectivity index (χ0) is 37.0. The van der Waals surface area contributed by atoms with E-state index >= 15 is 0 Å².